The molecule has 0 fully saturated rings. The lowest BCUT2D eigenvalue weighted by atomic mass is 9.95. The van der Waals surface area contributed by atoms with Crippen LogP contribution < -0.4 is 10.1 Å². The van der Waals surface area contributed by atoms with Crippen LogP contribution in [0, 0.1) is 13.8 Å². The molecule has 7 heteroatoms. The van der Waals surface area contributed by atoms with Crippen molar-refractivity contribution in [3.05, 3.63) is 77.0 Å². The van der Waals surface area contributed by atoms with Crippen LogP contribution in [0.2, 0.25) is 0 Å². The van der Waals surface area contributed by atoms with Gasteiger partial charge in [0.05, 0.1) is 12.9 Å². The highest BCUT2D eigenvalue weighted by Crippen LogP contribution is 2.41. The van der Waals surface area contributed by atoms with Gasteiger partial charge < -0.3 is 9.15 Å². The molecule has 2 aromatic heterocycles. The minimum Gasteiger partial charge on any atom is -0.493 e. The molecule has 0 saturated heterocycles. The van der Waals surface area contributed by atoms with E-state index in [0.717, 1.165) is 43.8 Å². The van der Waals surface area contributed by atoms with Gasteiger partial charge in [0.1, 0.15) is 16.3 Å². The lowest BCUT2D eigenvalue weighted by Crippen LogP contribution is -2.08. The third kappa shape index (κ3) is 4.42. The molecule has 0 atom stereocenters. The average Bonchev–Trinajstić information content (AvgIpc) is 3.46. The first-order valence-corrected chi connectivity index (χ1v) is 12.2. The summed E-state index contributed by atoms with van der Waals surface area (Å²) in [6, 6.07) is 16.7. The number of furan rings is 1. The maximum absolute atomic E-state index is 12.7. The molecule has 0 aliphatic heterocycles. The minimum atomic E-state index is -0.263. The van der Waals surface area contributed by atoms with E-state index in [2.05, 4.69) is 51.9 Å². The molecule has 5 aromatic rings. The van der Waals surface area contributed by atoms with Gasteiger partial charge in [0.15, 0.2) is 0 Å². The van der Waals surface area contributed by atoms with Gasteiger partial charge in [-0.2, -0.15) is 0 Å². The van der Waals surface area contributed by atoms with Gasteiger partial charge in [-0.05, 0) is 61.7 Å². The van der Waals surface area contributed by atoms with Gasteiger partial charge in [0.25, 0.3) is 0 Å². The van der Waals surface area contributed by atoms with Crippen LogP contribution in [0.1, 0.15) is 30.0 Å². The number of ether oxygens (including phenoxy) is 1. The van der Waals surface area contributed by atoms with Crippen molar-refractivity contribution >= 4 is 49.7 Å². The fraction of sp³-hybridized carbons (Fsp3) is 0.179. The Morgan fingerprint density at radius 3 is 2.66 bits per heavy atom. The van der Waals surface area contributed by atoms with Crippen molar-refractivity contribution in [3.63, 3.8) is 0 Å². The molecule has 35 heavy (non-hydrogen) atoms. The number of benzene rings is 3. The van der Waals surface area contributed by atoms with Gasteiger partial charge >= 0.3 is 0 Å². The Bertz CT molecular complexity index is 1600. The first-order chi connectivity index (χ1) is 16.9. The Morgan fingerprint density at radius 1 is 1.11 bits per heavy atom. The number of anilines is 1. The second-order valence-corrected chi connectivity index (χ2v) is 9.52. The number of rotatable bonds is 6. The molecule has 1 N–H and O–H groups in total. The number of carbonyl (C=O) groups is 1. The number of nitrogens with one attached hydrogen (secondary N) is 1. The molecule has 176 valence electrons. The second-order valence-electron chi connectivity index (χ2n) is 8.34. The summed E-state index contributed by atoms with van der Waals surface area (Å²) in [6.45, 7) is 8.19. The van der Waals surface area contributed by atoms with Gasteiger partial charge in [-0.1, -0.05) is 47.7 Å². The molecule has 3 aromatic carbocycles. The number of carbonyl (C=O) groups excluding carboxylic acids is 1. The molecule has 0 aliphatic rings. The van der Waals surface area contributed by atoms with Crippen LogP contribution in [-0.2, 0) is 4.79 Å². The van der Waals surface area contributed by atoms with Crippen LogP contribution in [0.15, 0.2) is 65.3 Å². The highest BCUT2D eigenvalue weighted by atomic mass is 32.1. The molecular weight excluding hydrogens is 458 g/mol. The van der Waals surface area contributed by atoms with Crippen LogP contribution in [0.4, 0.5) is 5.13 Å². The summed E-state index contributed by atoms with van der Waals surface area (Å²) in [4.78, 5) is 12.7. The molecular formula is C28H25N3O3S. The molecule has 2 heterocycles. The van der Waals surface area contributed by atoms with E-state index in [0.29, 0.717) is 17.5 Å². The SMILES string of the molecule is CCOc1c(/C(C)=C/C(=O)Nc2nnc(C)s2)cc2c(-c3ccc4ccccc4c3)coc2c1C. The summed E-state index contributed by atoms with van der Waals surface area (Å²) in [6.07, 6.45) is 3.36. The van der Waals surface area contributed by atoms with Crippen molar-refractivity contribution in [2.45, 2.75) is 27.7 Å². The van der Waals surface area contributed by atoms with Gasteiger partial charge in [0.2, 0.25) is 11.0 Å². The van der Waals surface area contributed by atoms with Gasteiger partial charge in [-0.3, -0.25) is 10.1 Å². The Labute approximate surface area is 207 Å². The fourth-order valence-electron chi connectivity index (χ4n) is 4.28. The van der Waals surface area contributed by atoms with Crippen molar-refractivity contribution in [2.24, 2.45) is 0 Å². The number of nitrogens with zero attached hydrogens (tertiary/aromatic N) is 2. The molecule has 0 aliphatic carbocycles. The highest BCUT2D eigenvalue weighted by molar-refractivity contribution is 7.15. The van der Waals surface area contributed by atoms with Crippen molar-refractivity contribution in [2.75, 3.05) is 11.9 Å². The Balaban J connectivity index is 1.60. The molecule has 0 spiro atoms. The molecule has 1 amide bonds. The number of fused-ring (bicyclic) bond motifs is 2. The number of hydrogen-bond acceptors (Lipinski definition) is 6. The van der Waals surface area contributed by atoms with E-state index in [1.54, 1.807) is 12.3 Å². The zero-order chi connectivity index (χ0) is 24.5. The first kappa shape index (κ1) is 22.8. The molecule has 6 nitrogen and oxygen atoms in total. The van der Waals surface area contributed by atoms with Crippen molar-refractivity contribution in [1.29, 1.82) is 0 Å². The Kier molecular flexibility index (Phi) is 6.09. The largest absolute Gasteiger partial charge is 0.493 e. The van der Waals surface area contributed by atoms with E-state index < -0.39 is 0 Å². The molecule has 0 bridgehead atoms. The molecule has 0 saturated carbocycles. The number of aryl methyl sites for hydroxylation is 2. The van der Waals surface area contributed by atoms with E-state index in [1.807, 2.05) is 39.8 Å². The zero-order valence-electron chi connectivity index (χ0n) is 20.0. The van der Waals surface area contributed by atoms with E-state index in [-0.39, 0.29) is 5.91 Å². The quantitative estimate of drug-likeness (QED) is 0.259. The van der Waals surface area contributed by atoms with Gasteiger partial charge in [0, 0.05) is 28.2 Å². The summed E-state index contributed by atoms with van der Waals surface area (Å²) in [5.41, 5.74) is 5.38. The monoisotopic (exact) mass is 483 g/mol. The molecule has 0 radical (unpaired) electrons. The molecule has 0 unspecified atom stereocenters. The Morgan fingerprint density at radius 2 is 1.91 bits per heavy atom. The van der Waals surface area contributed by atoms with E-state index in [9.17, 15) is 4.79 Å². The lowest BCUT2D eigenvalue weighted by Gasteiger charge is -2.15. The van der Waals surface area contributed by atoms with Crippen molar-refractivity contribution < 1.29 is 13.9 Å². The van der Waals surface area contributed by atoms with Crippen molar-refractivity contribution in [1.82, 2.24) is 10.2 Å². The number of allylic oxidation sites excluding steroid dienone is 1. The minimum absolute atomic E-state index is 0.263. The van der Waals surface area contributed by atoms with Crippen LogP contribution in [0.5, 0.6) is 5.75 Å². The summed E-state index contributed by atoms with van der Waals surface area (Å²) in [5, 5.41) is 15.3. The smallest absolute Gasteiger partial charge is 0.250 e. The number of amides is 1. The summed E-state index contributed by atoms with van der Waals surface area (Å²) < 4.78 is 12.1. The standard InChI is InChI=1S/C28H25N3O3S/c1-5-33-26-17(3)27-23(14-22(26)16(2)12-25(32)29-28-31-30-18(4)35-28)24(15-34-27)21-11-10-19-8-6-7-9-20(19)13-21/h6-15H,5H2,1-4H3,(H,29,31,32)/b16-12+. The topological polar surface area (TPSA) is 77.2 Å². The fourth-order valence-corrected chi connectivity index (χ4v) is 4.88. The predicted octanol–water partition coefficient (Wildman–Crippen LogP) is 7.16. The maximum atomic E-state index is 12.7. The summed E-state index contributed by atoms with van der Waals surface area (Å²) in [7, 11) is 0. The summed E-state index contributed by atoms with van der Waals surface area (Å²) >= 11 is 1.34. The number of aromatic nitrogens is 2. The van der Waals surface area contributed by atoms with Gasteiger partial charge in [-0.25, -0.2) is 0 Å². The van der Waals surface area contributed by atoms with E-state index in [1.165, 1.54) is 22.1 Å². The average molecular weight is 484 g/mol. The Hall–Kier alpha value is -3.97. The van der Waals surface area contributed by atoms with E-state index in [4.69, 9.17) is 9.15 Å². The van der Waals surface area contributed by atoms with Crippen LogP contribution >= 0.6 is 11.3 Å². The highest BCUT2D eigenvalue weighted by Gasteiger charge is 2.19. The van der Waals surface area contributed by atoms with E-state index >= 15 is 0 Å². The van der Waals surface area contributed by atoms with Gasteiger partial charge in [-0.15, -0.1) is 10.2 Å². The lowest BCUT2D eigenvalue weighted by molar-refractivity contribution is -0.111. The predicted molar refractivity (Wildman–Crippen MR) is 142 cm³/mol. The first-order valence-electron chi connectivity index (χ1n) is 11.4. The van der Waals surface area contributed by atoms with Crippen LogP contribution in [0.25, 0.3) is 38.4 Å². The third-order valence-electron chi connectivity index (χ3n) is 5.92. The third-order valence-corrected chi connectivity index (χ3v) is 6.68. The van der Waals surface area contributed by atoms with Crippen LogP contribution in [-0.4, -0.2) is 22.7 Å². The summed E-state index contributed by atoms with van der Waals surface area (Å²) in [5.74, 6) is 0.452. The normalized spacial score (nSPS) is 11.8. The zero-order valence-corrected chi connectivity index (χ0v) is 20.8. The van der Waals surface area contributed by atoms with Crippen molar-refractivity contribution in [3.8, 4) is 16.9 Å². The second kappa shape index (κ2) is 9.35. The number of hydrogen-bond donors (Lipinski definition) is 1. The molecule has 5 rings (SSSR count). The van der Waals surface area contributed by atoms with Crippen LogP contribution in [0.3, 0.4) is 0 Å². The maximum Gasteiger partial charge on any atom is 0.250 e.